The van der Waals surface area contributed by atoms with Gasteiger partial charge in [0.15, 0.2) is 17.4 Å². The molecule has 0 saturated heterocycles. The number of rotatable bonds is 6. The Hall–Kier alpha value is -2.27. The van der Waals surface area contributed by atoms with Gasteiger partial charge in [0.25, 0.3) is 0 Å². The van der Waals surface area contributed by atoms with E-state index in [1.807, 2.05) is 35.7 Å². The summed E-state index contributed by atoms with van der Waals surface area (Å²) in [6.07, 6.45) is 4.59. The average Bonchev–Trinajstić information content (AvgIpc) is 3.07. The van der Waals surface area contributed by atoms with Gasteiger partial charge in [0, 0.05) is 31.7 Å². The number of halogens is 1. The van der Waals surface area contributed by atoms with Crippen molar-refractivity contribution in [1.29, 1.82) is 0 Å². The summed E-state index contributed by atoms with van der Waals surface area (Å²) in [4.78, 5) is 8.47. The van der Waals surface area contributed by atoms with Crippen LogP contribution in [-0.2, 0) is 6.54 Å². The third kappa shape index (κ3) is 5.11. The standard InChI is InChI=1S/C17H21N7O.HI/c1-2-19-17(20-11-14(25)13-6-8-18-9-7-13)21-12-16-23-22-15-5-3-4-10-24(15)16;/h3-10,14,25H,2,11-12H2,1H3,(H2,19,20,21);1H. The lowest BCUT2D eigenvalue weighted by Crippen LogP contribution is -2.39. The molecule has 1 unspecified atom stereocenters. The van der Waals surface area contributed by atoms with Gasteiger partial charge in [-0.15, -0.1) is 34.2 Å². The number of aliphatic hydroxyl groups is 1. The van der Waals surface area contributed by atoms with Gasteiger partial charge in [-0.25, -0.2) is 4.99 Å². The zero-order chi connectivity index (χ0) is 17.5. The van der Waals surface area contributed by atoms with Crippen LogP contribution in [0, 0.1) is 0 Å². The fourth-order valence-corrected chi connectivity index (χ4v) is 2.39. The molecule has 0 bridgehead atoms. The van der Waals surface area contributed by atoms with Crippen molar-refractivity contribution in [2.24, 2.45) is 4.99 Å². The summed E-state index contributed by atoms with van der Waals surface area (Å²) >= 11 is 0. The zero-order valence-electron chi connectivity index (χ0n) is 14.4. The molecule has 0 amide bonds. The van der Waals surface area contributed by atoms with E-state index >= 15 is 0 Å². The van der Waals surface area contributed by atoms with Crippen LogP contribution < -0.4 is 10.6 Å². The first-order valence-corrected chi connectivity index (χ1v) is 8.16. The molecule has 9 heteroatoms. The Morgan fingerprint density at radius 3 is 2.77 bits per heavy atom. The van der Waals surface area contributed by atoms with Crippen LogP contribution in [0.1, 0.15) is 24.4 Å². The van der Waals surface area contributed by atoms with Crippen molar-refractivity contribution in [2.45, 2.75) is 19.6 Å². The highest BCUT2D eigenvalue weighted by Gasteiger charge is 2.09. The number of aliphatic hydroxyl groups excluding tert-OH is 1. The number of hydrogen-bond acceptors (Lipinski definition) is 5. The molecule has 0 fully saturated rings. The van der Waals surface area contributed by atoms with Crippen molar-refractivity contribution < 1.29 is 5.11 Å². The molecule has 0 saturated carbocycles. The molecule has 3 N–H and O–H groups in total. The fourth-order valence-electron chi connectivity index (χ4n) is 2.39. The summed E-state index contributed by atoms with van der Waals surface area (Å²) < 4.78 is 1.90. The van der Waals surface area contributed by atoms with Gasteiger partial charge >= 0.3 is 0 Å². The number of nitrogens with one attached hydrogen (secondary N) is 2. The van der Waals surface area contributed by atoms with Gasteiger partial charge in [-0.05, 0) is 36.8 Å². The van der Waals surface area contributed by atoms with Crippen molar-refractivity contribution in [1.82, 2.24) is 30.2 Å². The van der Waals surface area contributed by atoms with Crippen molar-refractivity contribution in [2.75, 3.05) is 13.1 Å². The Bertz CT molecular complexity index is 837. The van der Waals surface area contributed by atoms with Crippen molar-refractivity contribution in [3.63, 3.8) is 0 Å². The van der Waals surface area contributed by atoms with Gasteiger partial charge in [-0.1, -0.05) is 6.07 Å². The largest absolute Gasteiger partial charge is 0.387 e. The molecule has 3 aromatic heterocycles. The monoisotopic (exact) mass is 467 g/mol. The maximum atomic E-state index is 10.2. The van der Waals surface area contributed by atoms with Crippen LogP contribution in [0.15, 0.2) is 53.9 Å². The van der Waals surface area contributed by atoms with Gasteiger partial charge in [0.1, 0.15) is 6.54 Å². The molecule has 26 heavy (non-hydrogen) atoms. The van der Waals surface area contributed by atoms with Crippen LogP contribution in [0.2, 0.25) is 0 Å². The molecule has 0 radical (unpaired) electrons. The molecule has 138 valence electrons. The van der Waals surface area contributed by atoms with E-state index in [9.17, 15) is 5.11 Å². The lowest BCUT2D eigenvalue weighted by molar-refractivity contribution is 0.180. The first-order chi connectivity index (χ1) is 12.3. The highest BCUT2D eigenvalue weighted by molar-refractivity contribution is 14.0. The molecule has 3 rings (SSSR count). The van der Waals surface area contributed by atoms with E-state index in [0.717, 1.165) is 23.6 Å². The number of guanidine groups is 1. The summed E-state index contributed by atoms with van der Waals surface area (Å²) in [5.74, 6) is 1.37. The predicted molar refractivity (Wildman–Crippen MR) is 110 cm³/mol. The van der Waals surface area contributed by atoms with Crippen molar-refractivity contribution >= 4 is 35.6 Å². The van der Waals surface area contributed by atoms with Crippen molar-refractivity contribution in [3.05, 3.63) is 60.3 Å². The van der Waals surface area contributed by atoms with Gasteiger partial charge in [-0.2, -0.15) is 0 Å². The number of pyridine rings is 2. The molecule has 8 nitrogen and oxygen atoms in total. The van der Waals surface area contributed by atoms with Gasteiger partial charge < -0.3 is 15.7 Å². The molecule has 0 aliphatic heterocycles. The molecular formula is C17H22IN7O. The van der Waals surface area contributed by atoms with Crippen molar-refractivity contribution in [3.8, 4) is 0 Å². The second kappa shape index (κ2) is 10.0. The summed E-state index contributed by atoms with van der Waals surface area (Å²) in [5, 5.41) is 24.8. The van der Waals surface area contributed by atoms with E-state index < -0.39 is 6.10 Å². The van der Waals surface area contributed by atoms with Crippen LogP contribution in [-0.4, -0.2) is 43.7 Å². The molecular weight excluding hydrogens is 445 g/mol. The van der Waals surface area contributed by atoms with E-state index in [-0.39, 0.29) is 24.0 Å². The minimum atomic E-state index is -0.638. The van der Waals surface area contributed by atoms with Crippen LogP contribution in [0.25, 0.3) is 5.65 Å². The summed E-state index contributed by atoms with van der Waals surface area (Å²) in [6, 6.07) is 9.33. The number of hydrogen-bond donors (Lipinski definition) is 3. The number of aliphatic imine (C=N–C) groups is 1. The minimum Gasteiger partial charge on any atom is -0.387 e. The Balaban J connectivity index is 0.00000243. The van der Waals surface area contributed by atoms with E-state index in [1.54, 1.807) is 24.5 Å². The van der Waals surface area contributed by atoms with E-state index in [0.29, 0.717) is 19.0 Å². The maximum absolute atomic E-state index is 10.2. The Morgan fingerprint density at radius 1 is 1.19 bits per heavy atom. The third-order valence-corrected chi connectivity index (χ3v) is 3.66. The second-order valence-corrected chi connectivity index (χ2v) is 5.42. The van der Waals surface area contributed by atoms with E-state index in [1.165, 1.54) is 0 Å². The highest BCUT2D eigenvalue weighted by atomic mass is 127. The number of aromatic nitrogens is 4. The second-order valence-electron chi connectivity index (χ2n) is 5.42. The molecule has 3 heterocycles. The lowest BCUT2D eigenvalue weighted by atomic mass is 10.1. The summed E-state index contributed by atoms with van der Waals surface area (Å²) in [6.45, 7) is 3.43. The molecule has 0 aliphatic carbocycles. The number of fused-ring (bicyclic) bond motifs is 1. The Kier molecular flexibility index (Phi) is 7.73. The molecule has 0 aromatic carbocycles. The predicted octanol–water partition coefficient (Wildman–Crippen LogP) is 1.53. The average molecular weight is 467 g/mol. The third-order valence-electron chi connectivity index (χ3n) is 3.66. The van der Waals surface area contributed by atoms with Crippen LogP contribution in [0.4, 0.5) is 0 Å². The summed E-state index contributed by atoms with van der Waals surface area (Å²) in [7, 11) is 0. The van der Waals surface area contributed by atoms with Gasteiger partial charge in [0.2, 0.25) is 0 Å². The van der Waals surface area contributed by atoms with Gasteiger partial charge in [0.05, 0.1) is 6.10 Å². The highest BCUT2D eigenvalue weighted by Crippen LogP contribution is 2.09. The normalized spacial score (nSPS) is 12.5. The zero-order valence-corrected chi connectivity index (χ0v) is 16.7. The molecule has 0 spiro atoms. The topological polar surface area (TPSA) is 99.7 Å². The SMILES string of the molecule is CCNC(=NCc1nnc2ccccn12)NCC(O)c1ccncc1.I. The maximum Gasteiger partial charge on any atom is 0.191 e. The lowest BCUT2D eigenvalue weighted by Gasteiger charge is -2.15. The quantitative estimate of drug-likeness (QED) is 0.289. The van der Waals surface area contributed by atoms with Crippen LogP contribution in [0.5, 0.6) is 0 Å². The summed E-state index contributed by atoms with van der Waals surface area (Å²) in [5.41, 5.74) is 1.60. The number of nitrogens with zero attached hydrogens (tertiary/aromatic N) is 5. The fraction of sp³-hybridized carbons (Fsp3) is 0.294. The van der Waals surface area contributed by atoms with E-state index in [2.05, 4.69) is 30.8 Å². The Labute approximate surface area is 168 Å². The van der Waals surface area contributed by atoms with Crippen LogP contribution in [0.3, 0.4) is 0 Å². The minimum absolute atomic E-state index is 0. The first-order valence-electron chi connectivity index (χ1n) is 8.16. The van der Waals surface area contributed by atoms with Gasteiger partial charge in [-0.3, -0.25) is 9.38 Å². The van der Waals surface area contributed by atoms with Crippen LogP contribution >= 0.6 is 24.0 Å². The van der Waals surface area contributed by atoms with E-state index in [4.69, 9.17) is 0 Å². The Morgan fingerprint density at radius 2 is 2.00 bits per heavy atom. The molecule has 3 aromatic rings. The molecule has 1 atom stereocenters. The molecule has 0 aliphatic rings. The smallest absolute Gasteiger partial charge is 0.191 e. The first kappa shape index (κ1) is 20.0.